The minimum absolute atomic E-state index is 0.00162. The lowest BCUT2D eigenvalue weighted by Gasteiger charge is -2.73. The van der Waals surface area contributed by atoms with E-state index in [1.807, 2.05) is 0 Å². The molecule has 54 heavy (non-hydrogen) atoms. The van der Waals surface area contributed by atoms with Gasteiger partial charge >= 0.3 is 0 Å². The Labute approximate surface area is 320 Å². The molecular weight excluding hydrogens is 696 g/mol. The number of ether oxygens (including phenoxy) is 5. The lowest BCUT2D eigenvalue weighted by molar-refractivity contribution is -0.367. The fourth-order valence-electron chi connectivity index (χ4n) is 14.2. The van der Waals surface area contributed by atoms with Crippen LogP contribution in [-0.2, 0) is 23.7 Å². The first-order chi connectivity index (χ1) is 25.3. The fourth-order valence-corrected chi connectivity index (χ4v) is 14.2. The SMILES string of the molecule is CC1OC(OC2CCC3(C)C(CCC4(C)C3C=CC35OCC6(CCC(C)(C)CC63)CCC45C)C2(C)CO)C(O)C(OC2OC(CO)C(O)C(O)C2O)C1O. The summed E-state index contributed by atoms with van der Waals surface area (Å²) in [4.78, 5) is 0. The molecular formula is C42H68O12. The molecule has 20 atom stereocenters. The van der Waals surface area contributed by atoms with Crippen LogP contribution in [0.25, 0.3) is 0 Å². The minimum Gasteiger partial charge on any atom is -0.396 e. The summed E-state index contributed by atoms with van der Waals surface area (Å²) < 4.78 is 31.4. The first-order valence-electron chi connectivity index (χ1n) is 20.8. The van der Waals surface area contributed by atoms with E-state index in [0.717, 1.165) is 25.9 Å². The molecule has 7 N–H and O–H groups in total. The molecule has 2 bridgehead atoms. The topological polar surface area (TPSA) is 188 Å². The van der Waals surface area contributed by atoms with E-state index in [2.05, 4.69) is 53.7 Å². The Morgan fingerprint density at radius 1 is 0.722 bits per heavy atom. The van der Waals surface area contributed by atoms with E-state index in [9.17, 15) is 35.7 Å². The van der Waals surface area contributed by atoms with Gasteiger partial charge in [0.1, 0.15) is 42.7 Å². The molecule has 3 heterocycles. The van der Waals surface area contributed by atoms with E-state index in [4.69, 9.17) is 23.7 Å². The Kier molecular flexibility index (Phi) is 9.74. The van der Waals surface area contributed by atoms with Gasteiger partial charge in [0.15, 0.2) is 12.6 Å². The molecule has 3 aliphatic heterocycles. The summed E-state index contributed by atoms with van der Waals surface area (Å²) in [6.45, 7) is 16.2. The van der Waals surface area contributed by atoms with Crippen LogP contribution in [0.3, 0.4) is 0 Å². The molecule has 7 fully saturated rings. The first-order valence-corrected chi connectivity index (χ1v) is 20.8. The van der Waals surface area contributed by atoms with Crippen LogP contribution in [0.1, 0.15) is 106 Å². The largest absolute Gasteiger partial charge is 0.396 e. The molecule has 5 aliphatic carbocycles. The summed E-state index contributed by atoms with van der Waals surface area (Å²) in [6, 6.07) is 0. The van der Waals surface area contributed by atoms with Gasteiger partial charge in [-0.25, -0.2) is 0 Å². The van der Waals surface area contributed by atoms with Crippen LogP contribution in [0.2, 0.25) is 0 Å². The van der Waals surface area contributed by atoms with Crippen LogP contribution in [0.15, 0.2) is 12.2 Å². The second kappa shape index (κ2) is 13.1. The van der Waals surface area contributed by atoms with E-state index in [-0.39, 0.29) is 45.7 Å². The molecule has 3 saturated heterocycles. The Morgan fingerprint density at radius 2 is 1.43 bits per heavy atom. The number of fused-ring (bicyclic) bond motifs is 4. The lowest BCUT2D eigenvalue weighted by atomic mass is 9.32. The zero-order valence-corrected chi connectivity index (χ0v) is 33.4. The highest BCUT2D eigenvalue weighted by Crippen LogP contribution is 2.79. The van der Waals surface area contributed by atoms with Crippen LogP contribution in [0.5, 0.6) is 0 Å². The highest BCUT2D eigenvalue weighted by molar-refractivity contribution is 5.34. The Morgan fingerprint density at radius 3 is 2.13 bits per heavy atom. The maximum absolute atomic E-state index is 11.6. The minimum atomic E-state index is -1.71. The van der Waals surface area contributed by atoms with Gasteiger partial charge in [-0.2, -0.15) is 0 Å². The van der Waals surface area contributed by atoms with Crippen molar-refractivity contribution in [3.05, 3.63) is 12.2 Å². The first kappa shape index (κ1) is 40.1. The normalized spacial score (nSPS) is 59.1. The van der Waals surface area contributed by atoms with E-state index in [1.165, 1.54) is 32.1 Å². The van der Waals surface area contributed by atoms with E-state index in [1.54, 1.807) is 6.92 Å². The average Bonchev–Trinajstić information content (AvgIpc) is 3.36. The number of aliphatic hydroxyl groups excluding tert-OH is 7. The molecule has 1 spiro atoms. The molecule has 0 aromatic heterocycles. The summed E-state index contributed by atoms with van der Waals surface area (Å²) in [7, 11) is 0. The van der Waals surface area contributed by atoms with Crippen molar-refractivity contribution in [1.82, 2.24) is 0 Å². The molecule has 0 aromatic rings. The predicted molar refractivity (Wildman–Crippen MR) is 195 cm³/mol. The Bertz CT molecular complexity index is 1460. The van der Waals surface area contributed by atoms with Crippen molar-refractivity contribution in [2.75, 3.05) is 19.8 Å². The van der Waals surface area contributed by atoms with Crippen LogP contribution >= 0.6 is 0 Å². The molecule has 0 radical (unpaired) electrons. The van der Waals surface area contributed by atoms with Crippen LogP contribution in [0, 0.1) is 50.2 Å². The van der Waals surface area contributed by atoms with Crippen LogP contribution < -0.4 is 0 Å². The number of hydrogen-bond donors (Lipinski definition) is 7. The molecule has 8 rings (SSSR count). The Hall–Kier alpha value is -0.740. The lowest BCUT2D eigenvalue weighted by Crippen LogP contribution is -2.71. The van der Waals surface area contributed by atoms with Gasteiger partial charge in [-0.1, -0.05) is 53.7 Å². The smallest absolute Gasteiger partial charge is 0.187 e. The average molecular weight is 765 g/mol. The zero-order chi connectivity index (χ0) is 39.0. The zero-order valence-electron chi connectivity index (χ0n) is 33.4. The fraction of sp³-hybridized carbons (Fsp3) is 0.952. The van der Waals surface area contributed by atoms with E-state index in [0.29, 0.717) is 17.8 Å². The second-order valence-electron chi connectivity index (χ2n) is 20.9. The van der Waals surface area contributed by atoms with Gasteiger partial charge in [0.25, 0.3) is 0 Å². The predicted octanol–water partition coefficient (Wildman–Crippen LogP) is 2.81. The molecule has 8 aliphatic rings. The van der Waals surface area contributed by atoms with Gasteiger partial charge in [0.05, 0.1) is 37.6 Å². The quantitative estimate of drug-likeness (QED) is 0.155. The molecule has 20 unspecified atom stereocenters. The monoisotopic (exact) mass is 764 g/mol. The summed E-state index contributed by atoms with van der Waals surface area (Å²) in [5.41, 5.74) is -0.502. The highest BCUT2D eigenvalue weighted by Gasteiger charge is 2.77. The maximum Gasteiger partial charge on any atom is 0.187 e. The number of aliphatic hydroxyl groups is 7. The second-order valence-corrected chi connectivity index (χ2v) is 20.9. The molecule has 4 saturated carbocycles. The van der Waals surface area contributed by atoms with Crippen LogP contribution in [0.4, 0.5) is 0 Å². The number of rotatable bonds is 6. The number of allylic oxidation sites excluding steroid dienone is 1. The van der Waals surface area contributed by atoms with Gasteiger partial charge in [-0.3, -0.25) is 0 Å². The third-order valence-electron chi connectivity index (χ3n) is 17.9. The summed E-state index contributed by atoms with van der Waals surface area (Å²) in [5, 5.41) is 74.8. The van der Waals surface area contributed by atoms with Crippen molar-refractivity contribution in [2.45, 2.75) is 179 Å². The molecule has 12 nitrogen and oxygen atoms in total. The molecule has 0 aromatic carbocycles. The van der Waals surface area contributed by atoms with Crippen molar-refractivity contribution in [1.29, 1.82) is 0 Å². The van der Waals surface area contributed by atoms with Gasteiger partial charge in [0, 0.05) is 16.7 Å². The van der Waals surface area contributed by atoms with Crippen molar-refractivity contribution < 1.29 is 59.4 Å². The van der Waals surface area contributed by atoms with Gasteiger partial charge < -0.3 is 59.4 Å². The summed E-state index contributed by atoms with van der Waals surface area (Å²) in [6.07, 6.45) is 0.0718. The van der Waals surface area contributed by atoms with Crippen molar-refractivity contribution in [2.24, 2.45) is 50.2 Å². The summed E-state index contributed by atoms with van der Waals surface area (Å²) in [5.74, 6) is 0.914. The van der Waals surface area contributed by atoms with Gasteiger partial charge in [0.2, 0.25) is 0 Å². The summed E-state index contributed by atoms with van der Waals surface area (Å²) >= 11 is 0. The highest BCUT2D eigenvalue weighted by atomic mass is 16.7. The standard InChI is InChI=1S/C42H68O12/c1-22-28(45)33(54-34-31(48)30(47)29(46)23(19-43)52-34)32(49)35(51-22)53-27-10-11-37(4)24(38(27,5)20-44)8-12-39(6)25(37)9-13-42-26-18-36(2,3)14-16-41(26,21-50-42)17-15-40(39,42)7/h9,13,22-35,43-49H,8,10-12,14-21H2,1-7H3. The van der Waals surface area contributed by atoms with Gasteiger partial charge in [-0.15, -0.1) is 0 Å². The maximum atomic E-state index is 11.6. The van der Waals surface area contributed by atoms with Crippen LogP contribution in [-0.4, -0.2) is 129 Å². The molecule has 0 amide bonds. The van der Waals surface area contributed by atoms with Gasteiger partial charge in [-0.05, 0) is 98.2 Å². The van der Waals surface area contributed by atoms with Crippen molar-refractivity contribution in [3.63, 3.8) is 0 Å². The molecule has 308 valence electrons. The number of hydrogen-bond acceptors (Lipinski definition) is 12. The Balaban J connectivity index is 1.04. The molecule has 12 heteroatoms. The van der Waals surface area contributed by atoms with E-state index < -0.39 is 79.5 Å². The van der Waals surface area contributed by atoms with Crippen molar-refractivity contribution in [3.8, 4) is 0 Å². The third-order valence-corrected chi connectivity index (χ3v) is 17.9. The van der Waals surface area contributed by atoms with E-state index >= 15 is 0 Å². The van der Waals surface area contributed by atoms with Crippen molar-refractivity contribution >= 4 is 0 Å². The third kappa shape index (κ3) is 5.30.